The number of aromatic amines is 1. The van der Waals surface area contributed by atoms with Crippen molar-refractivity contribution in [2.45, 2.75) is 96.7 Å². The molecule has 2 rings (SSSR count). The Morgan fingerprint density at radius 3 is 2.54 bits per heavy atom. The zero-order chi connectivity index (χ0) is 27.3. The van der Waals surface area contributed by atoms with E-state index in [0.717, 1.165) is 32.1 Å². The number of hydrogen-bond acceptors (Lipinski definition) is 8. The number of carbonyl (C=O) groups is 2. The topological polar surface area (TPSA) is 159 Å². The standard InChI is InChI=1S/C26H40N8O3/c1-19(33-25(36)37-26(2,3)4)29-13-9-8-12-22(32-18-20(16-27)17-28)23(35)34(24-30-14-15-31-24)21-10-6-5-7-11-21/h14-15,20-22,32H,5-13,18H2,1-4H3,(H,30,31)(H,29,33,36)/t22-/m0/s1. The maximum atomic E-state index is 13.8. The van der Waals surface area contributed by atoms with Gasteiger partial charge < -0.3 is 15.0 Å². The van der Waals surface area contributed by atoms with E-state index in [1.165, 1.54) is 0 Å². The van der Waals surface area contributed by atoms with Gasteiger partial charge in [0, 0.05) is 31.5 Å². The van der Waals surface area contributed by atoms with Gasteiger partial charge in [-0.1, -0.05) is 19.3 Å². The molecule has 1 fully saturated rings. The molecular formula is C26H40N8O3. The number of hydrogen-bond donors (Lipinski definition) is 3. The largest absolute Gasteiger partial charge is 0.444 e. The summed E-state index contributed by atoms with van der Waals surface area (Å²) < 4.78 is 5.23. The van der Waals surface area contributed by atoms with Crippen LogP contribution in [-0.2, 0) is 9.53 Å². The van der Waals surface area contributed by atoms with E-state index in [0.29, 0.717) is 37.6 Å². The Morgan fingerprint density at radius 2 is 1.95 bits per heavy atom. The maximum Gasteiger partial charge on any atom is 0.413 e. The molecule has 1 aromatic heterocycles. The van der Waals surface area contributed by atoms with Crippen molar-refractivity contribution in [2.75, 3.05) is 18.0 Å². The summed E-state index contributed by atoms with van der Waals surface area (Å²) >= 11 is 0. The van der Waals surface area contributed by atoms with Crippen molar-refractivity contribution >= 4 is 23.8 Å². The van der Waals surface area contributed by atoms with Crippen LogP contribution in [0.5, 0.6) is 0 Å². The molecule has 11 nitrogen and oxygen atoms in total. The molecule has 37 heavy (non-hydrogen) atoms. The van der Waals surface area contributed by atoms with Crippen LogP contribution in [0.15, 0.2) is 17.4 Å². The number of aliphatic imine (C=N–C) groups is 1. The highest BCUT2D eigenvalue weighted by molar-refractivity contribution is 5.96. The number of imidazole rings is 1. The number of anilines is 1. The third-order valence-corrected chi connectivity index (χ3v) is 6.00. The van der Waals surface area contributed by atoms with Crippen molar-refractivity contribution < 1.29 is 14.3 Å². The molecule has 1 aliphatic carbocycles. The van der Waals surface area contributed by atoms with Crippen LogP contribution in [0.4, 0.5) is 10.7 Å². The summed E-state index contributed by atoms with van der Waals surface area (Å²) in [7, 11) is 0. The number of carbonyl (C=O) groups excluding carboxylic acids is 2. The fraction of sp³-hybridized carbons (Fsp3) is 0.692. The Bertz CT molecular complexity index is 951. The van der Waals surface area contributed by atoms with Crippen LogP contribution in [0, 0.1) is 28.6 Å². The summed E-state index contributed by atoms with van der Waals surface area (Å²) in [6, 6.07) is 3.40. The van der Waals surface area contributed by atoms with Gasteiger partial charge in [0.25, 0.3) is 0 Å². The molecule has 1 saturated carbocycles. The minimum absolute atomic E-state index is 0.0607. The van der Waals surface area contributed by atoms with Crippen LogP contribution in [0.25, 0.3) is 0 Å². The first-order valence-electron chi connectivity index (χ1n) is 13.0. The lowest BCUT2D eigenvalue weighted by atomic mass is 9.93. The lowest BCUT2D eigenvalue weighted by Crippen LogP contribution is -2.52. The molecule has 1 aliphatic rings. The minimum atomic E-state index is -0.840. The normalized spacial score (nSPS) is 15.5. The van der Waals surface area contributed by atoms with Gasteiger partial charge >= 0.3 is 6.09 Å². The van der Waals surface area contributed by atoms with Crippen molar-refractivity contribution in [3.8, 4) is 12.1 Å². The monoisotopic (exact) mass is 512 g/mol. The van der Waals surface area contributed by atoms with Gasteiger partial charge in [-0.05, 0) is 59.8 Å². The Kier molecular flexibility index (Phi) is 12.0. The zero-order valence-electron chi connectivity index (χ0n) is 22.4. The van der Waals surface area contributed by atoms with Crippen LogP contribution in [0.1, 0.15) is 79.1 Å². The van der Waals surface area contributed by atoms with Gasteiger partial charge in [-0.15, -0.1) is 0 Å². The molecule has 0 aromatic carbocycles. The van der Waals surface area contributed by atoms with Gasteiger partial charge in [0.05, 0.1) is 18.2 Å². The molecule has 3 N–H and O–H groups in total. The molecule has 0 spiro atoms. The highest BCUT2D eigenvalue weighted by Crippen LogP contribution is 2.26. The number of nitrogens with one attached hydrogen (secondary N) is 3. The molecule has 0 saturated heterocycles. The second-order valence-electron chi connectivity index (χ2n) is 10.3. The number of rotatable bonds is 11. The number of aromatic nitrogens is 2. The molecule has 0 aliphatic heterocycles. The third kappa shape index (κ3) is 10.6. The Hall–Kier alpha value is -3.44. The number of unbranched alkanes of at least 4 members (excludes halogenated alkanes) is 1. The summed E-state index contributed by atoms with van der Waals surface area (Å²) in [5.74, 6) is 0.0393. The predicted octanol–water partition coefficient (Wildman–Crippen LogP) is 3.81. The van der Waals surface area contributed by atoms with Gasteiger partial charge in [-0.25, -0.2) is 9.78 Å². The van der Waals surface area contributed by atoms with Gasteiger partial charge in [-0.2, -0.15) is 10.5 Å². The van der Waals surface area contributed by atoms with Gasteiger partial charge in [0.15, 0.2) is 0 Å². The quantitative estimate of drug-likeness (QED) is 0.231. The summed E-state index contributed by atoms with van der Waals surface area (Å²) in [6.07, 6.45) is 9.80. The predicted molar refractivity (Wildman–Crippen MR) is 141 cm³/mol. The number of nitrogens with zero attached hydrogens (tertiary/aromatic N) is 5. The average molecular weight is 513 g/mol. The van der Waals surface area contributed by atoms with Crippen LogP contribution in [-0.4, -0.2) is 58.6 Å². The summed E-state index contributed by atoms with van der Waals surface area (Å²) in [5.41, 5.74) is -0.587. The van der Waals surface area contributed by atoms with Crippen molar-refractivity contribution in [1.82, 2.24) is 20.6 Å². The Morgan fingerprint density at radius 1 is 1.24 bits per heavy atom. The molecule has 11 heteroatoms. The van der Waals surface area contributed by atoms with E-state index < -0.39 is 23.7 Å². The SMILES string of the molecule is CC(=NCCCC[C@H](NCC(C#N)C#N)C(=O)N(c1ncc[nH]1)C1CCCCC1)NC(=O)OC(C)(C)C. The lowest BCUT2D eigenvalue weighted by Gasteiger charge is -2.35. The van der Waals surface area contributed by atoms with Gasteiger partial charge in [-0.3, -0.25) is 20.0 Å². The van der Waals surface area contributed by atoms with E-state index in [-0.39, 0.29) is 18.5 Å². The number of ether oxygens (including phenoxy) is 1. The highest BCUT2D eigenvalue weighted by atomic mass is 16.6. The molecule has 1 atom stereocenters. The number of nitriles is 2. The maximum absolute atomic E-state index is 13.8. The fourth-order valence-corrected chi connectivity index (χ4v) is 4.24. The van der Waals surface area contributed by atoms with Crippen molar-refractivity contribution in [2.24, 2.45) is 10.9 Å². The van der Waals surface area contributed by atoms with E-state index in [9.17, 15) is 20.1 Å². The number of amides is 2. The Balaban J connectivity index is 2.01. The molecule has 2 amide bonds. The first-order valence-corrected chi connectivity index (χ1v) is 13.0. The van der Waals surface area contributed by atoms with Crippen molar-refractivity contribution in [1.29, 1.82) is 10.5 Å². The highest BCUT2D eigenvalue weighted by Gasteiger charge is 2.33. The zero-order valence-corrected chi connectivity index (χ0v) is 22.4. The van der Waals surface area contributed by atoms with E-state index in [1.807, 2.05) is 12.1 Å². The fourth-order valence-electron chi connectivity index (χ4n) is 4.24. The molecule has 0 unspecified atom stereocenters. The number of alkyl carbamates (subject to hydrolysis) is 1. The number of amidine groups is 1. The molecule has 0 bridgehead atoms. The average Bonchev–Trinajstić information content (AvgIpc) is 3.37. The van der Waals surface area contributed by atoms with Crippen LogP contribution in [0.2, 0.25) is 0 Å². The summed E-state index contributed by atoms with van der Waals surface area (Å²) in [5, 5.41) is 24.1. The number of H-pyrrole nitrogens is 1. The second-order valence-corrected chi connectivity index (χ2v) is 10.3. The first kappa shape index (κ1) is 29.8. The molecule has 202 valence electrons. The Labute approximate surface area is 219 Å². The van der Waals surface area contributed by atoms with Crippen LogP contribution in [0.3, 0.4) is 0 Å². The summed E-state index contributed by atoms with van der Waals surface area (Å²) in [4.78, 5) is 39.2. The van der Waals surface area contributed by atoms with Gasteiger partial charge in [0.2, 0.25) is 11.9 Å². The van der Waals surface area contributed by atoms with E-state index in [4.69, 9.17) is 4.74 Å². The van der Waals surface area contributed by atoms with Crippen molar-refractivity contribution in [3.63, 3.8) is 0 Å². The van der Waals surface area contributed by atoms with Crippen LogP contribution < -0.4 is 15.5 Å². The van der Waals surface area contributed by atoms with E-state index in [2.05, 4.69) is 25.6 Å². The van der Waals surface area contributed by atoms with Crippen molar-refractivity contribution in [3.05, 3.63) is 12.4 Å². The van der Waals surface area contributed by atoms with E-state index >= 15 is 0 Å². The second kappa shape index (κ2) is 15.0. The minimum Gasteiger partial charge on any atom is -0.444 e. The first-order chi connectivity index (χ1) is 17.6. The molecule has 1 heterocycles. The van der Waals surface area contributed by atoms with E-state index in [1.54, 1.807) is 45.0 Å². The molecular weight excluding hydrogens is 472 g/mol. The smallest absolute Gasteiger partial charge is 0.413 e. The third-order valence-electron chi connectivity index (χ3n) is 6.00. The molecule has 1 aromatic rings. The lowest BCUT2D eigenvalue weighted by molar-refractivity contribution is -0.121. The van der Waals surface area contributed by atoms with Crippen LogP contribution >= 0.6 is 0 Å². The van der Waals surface area contributed by atoms with Gasteiger partial charge in [0.1, 0.15) is 17.4 Å². The summed E-state index contributed by atoms with van der Waals surface area (Å²) in [6.45, 7) is 7.67. The molecule has 0 radical (unpaired) electrons.